The number of benzene rings is 1. The van der Waals surface area contributed by atoms with E-state index in [-0.39, 0.29) is 18.7 Å². The molecule has 2 N–H and O–H groups in total. The molecule has 94 valence electrons. The second-order valence-electron chi connectivity index (χ2n) is 3.75. The van der Waals surface area contributed by atoms with Crippen molar-refractivity contribution in [3.05, 3.63) is 41.1 Å². The Labute approximate surface area is 107 Å². The third kappa shape index (κ3) is 2.87. The lowest BCUT2D eigenvalue weighted by Crippen LogP contribution is -1.98. The molecule has 0 atom stereocenters. The Morgan fingerprint density at radius 1 is 1.39 bits per heavy atom. The number of H-pyrrole nitrogens is 1. The predicted molar refractivity (Wildman–Crippen MR) is 64.9 cm³/mol. The first kappa shape index (κ1) is 12.6. The SMILES string of the molecule is O=C(O)CCc1nc(-c2ccc(F)cc2)c(Cl)[nH]1. The number of aromatic amines is 1. The number of imidazole rings is 1. The number of hydrogen-bond acceptors (Lipinski definition) is 2. The van der Waals surface area contributed by atoms with Gasteiger partial charge in [-0.1, -0.05) is 11.6 Å². The lowest BCUT2D eigenvalue weighted by atomic mass is 10.2. The molecule has 1 aromatic carbocycles. The maximum Gasteiger partial charge on any atom is 0.303 e. The molecule has 0 aliphatic heterocycles. The number of rotatable bonds is 4. The quantitative estimate of drug-likeness (QED) is 0.896. The summed E-state index contributed by atoms with van der Waals surface area (Å²) in [5.41, 5.74) is 1.18. The number of aromatic nitrogens is 2. The van der Waals surface area contributed by atoms with Crippen LogP contribution >= 0.6 is 11.6 Å². The first-order chi connectivity index (χ1) is 8.56. The van der Waals surface area contributed by atoms with Crippen molar-refractivity contribution in [2.24, 2.45) is 0 Å². The van der Waals surface area contributed by atoms with E-state index >= 15 is 0 Å². The fraction of sp³-hybridized carbons (Fsp3) is 0.167. The first-order valence-electron chi connectivity index (χ1n) is 5.28. The van der Waals surface area contributed by atoms with Crippen molar-refractivity contribution in [1.29, 1.82) is 0 Å². The van der Waals surface area contributed by atoms with Crippen molar-refractivity contribution in [2.75, 3.05) is 0 Å². The van der Waals surface area contributed by atoms with Crippen molar-refractivity contribution >= 4 is 17.6 Å². The number of carboxylic acids is 1. The Balaban J connectivity index is 2.23. The molecule has 0 aliphatic carbocycles. The van der Waals surface area contributed by atoms with Gasteiger partial charge in [0.05, 0.1) is 6.42 Å². The molecule has 1 aromatic heterocycles. The molecule has 0 saturated carbocycles. The maximum absolute atomic E-state index is 12.8. The minimum absolute atomic E-state index is 0.0211. The zero-order valence-electron chi connectivity index (χ0n) is 9.28. The van der Waals surface area contributed by atoms with Gasteiger partial charge in [0.25, 0.3) is 0 Å². The normalized spacial score (nSPS) is 10.6. The molecule has 2 aromatic rings. The van der Waals surface area contributed by atoms with Crippen LogP contribution in [0.4, 0.5) is 4.39 Å². The monoisotopic (exact) mass is 268 g/mol. The summed E-state index contributed by atoms with van der Waals surface area (Å²) in [6.45, 7) is 0. The van der Waals surface area contributed by atoms with E-state index in [0.717, 1.165) is 0 Å². The molecule has 0 saturated heterocycles. The average molecular weight is 269 g/mol. The van der Waals surface area contributed by atoms with Crippen LogP contribution in [0.3, 0.4) is 0 Å². The van der Waals surface area contributed by atoms with Crippen molar-refractivity contribution < 1.29 is 14.3 Å². The Kier molecular flexibility index (Phi) is 3.62. The molecule has 0 spiro atoms. The van der Waals surface area contributed by atoms with Crippen LogP contribution in [0.2, 0.25) is 5.15 Å². The standard InChI is InChI=1S/C12H10ClFN2O2/c13-12-11(7-1-3-8(14)4-2-7)15-9(16-12)5-6-10(17)18/h1-4H,5-6H2,(H,15,16)(H,17,18). The molecule has 0 aliphatic rings. The largest absolute Gasteiger partial charge is 0.481 e. The second kappa shape index (κ2) is 5.18. The zero-order chi connectivity index (χ0) is 13.1. The van der Waals surface area contributed by atoms with Gasteiger partial charge in [0.2, 0.25) is 0 Å². The van der Waals surface area contributed by atoms with E-state index in [0.29, 0.717) is 22.2 Å². The van der Waals surface area contributed by atoms with Gasteiger partial charge < -0.3 is 10.1 Å². The van der Waals surface area contributed by atoms with E-state index in [4.69, 9.17) is 16.7 Å². The van der Waals surface area contributed by atoms with Crippen LogP contribution in [-0.4, -0.2) is 21.0 Å². The van der Waals surface area contributed by atoms with Crippen molar-refractivity contribution in [3.8, 4) is 11.3 Å². The fourth-order valence-corrected chi connectivity index (χ4v) is 1.80. The minimum Gasteiger partial charge on any atom is -0.481 e. The van der Waals surface area contributed by atoms with Crippen LogP contribution in [0.25, 0.3) is 11.3 Å². The Morgan fingerprint density at radius 3 is 2.67 bits per heavy atom. The summed E-state index contributed by atoms with van der Waals surface area (Å²) in [6.07, 6.45) is 0.253. The number of aryl methyl sites for hydroxylation is 1. The Morgan fingerprint density at radius 2 is 2.06 bits per heavy atom. The molecule has 0 fully saturated rings. The van der Waals surface area contributed by atoms with Crippen molar-refractivity contribution in [3.63, 3.8) is 0 Å². The van der Waals surface area contributed by atoms with Gasteiger partial charge in [-0.3, -0.25) is 4.79 Å². The third-order valence-corrected chi connectivity index (χ3v) is 2.68. The molecular formula is C12H10ClFN2O2. The highest BCUT2D eigenvalue weighted by molar-refractivity contribution is 6.31. The predicted octanol–water partition coefficient (Wildman–Crippen LogP) is 2.89. The number of carboxylic acid groups (broad SMARTS) is 1. The molecule has 1 heterocycles. The number of nitrogens with one attached hydrogen (secondary N) is 1. The number of carbonyl (C=O) groups is 1. The van der Waals surface area contributed by atoms with E-state index in [1.165, 1.54) is 12.1 Å². The van der Waals surface area contributed by atoms with Crippen LogP contribution in [0.5, 0.6) is 0 Å². The highest BCUT2D eigenvalue weighted by Gasteiger charge is 2.11. The van der Waals surface area contributed by atoms with Gasteiger partial charge in [0, 0.05) is 12.0 Å². The summed E-state index contributed by atoms with van der Waals surface area (Å²) in [5, 5.41) is 8.90. The summed E-state index contributed by atoms with van der Waals surface area (Å²) in [4.78, 5) is 17.5. The molecule has 0 amide bonds. The lowest BCUT2D eigenvalue weighted by molar-refractivity contribution is -0.137. The van der Waals surface area contributed by atoms with Gasteiger partial charge in [0.15, 0.2) is 0 Å². The van der Waals surface area contributed by atoms with Crippen LogP contribution in [0.1, 0.15) is 12.2 Å². The van der Waals surface area contributed by atoms with E-state index in [2.05, 4.69) is 9.97 Å². The Hall–Kier alpha value is -1.88. The van der Waals surface area contributed by atoms with Gasteiger partial charge in [-0.05, 0) is 24.3 Å². The molecule has 0 unspecified atom stereocenters. The number of nitrogens with zero attached hydrogens (tertiary/aromatic N) is 1. The number of halogens is 2. The molecule has 0 radical (unpaired) electrons. The molecule has 4 nitrogen and oxygen atoms in total. The maximum atomic E-state index is 12.8. The summed E-state index contributed by atoms with van der Waals surface area (Å²) in [6, 6.07) is 5.77. The van der Waals surface area contributed by atoms with Gasteiger partial charge in [0.1, 0.15) is 22.5 Å². The molecule has 18 heavy (non-hydrogen) atoms. The van der Waals surface area contributed by atoms with Gasteiger partial charge in [-0.25, -0.2) is 9.37 Å². The topological polar surface area (TPSA) is 66.0 Å². The summed E-state index contributed by atoms with van der Waals surface area (Å²) in [5.74, 6) is -0.732. The fourth-order valence-electron chi connectivity index (χ4n) is 1.54. The Bertz CT molecular complexity index is 566. The highest BCUT2D eigenvalue weighted by Crippen LogP contribution is 2.25. The average Bonchev–Trinajstić information content (AvgIpc) is 2.69. The third-order valence-electron chi connectivity index (χ3n) is 2.40. The zero-order valence-corrected chi connectivity index (χ0v) is 10.0. The van der Waals surface area contributed by atoms with E-state index in [1.54, 1.807) is 12.1 Å². The summed E-state index contributed by atoms with van der Waals surface area (Å²) in [7, 11) is 0. The molecule has 6 heteroatoms. The molecule has 2 rings (SSSR count). The van der Waals surface area contributed by atoms with Crippen LogP contribution < -0.4 is 0 Å². The van der Waals surface area contributed by atoms with E-state index < -0.39 is 5.97 Å². The first-order valence-corrected chi connectivity index (χ1v) is 5.66. The van der Waals surface area contributed by atoms with Gasteiger partial charge in [-0.15, -0.1) is 0 Å². The molecule has 0 bridgehead atoms. The highest BCUT2D eigenvalue weighted by atomic mass is 35.5. The van der Waals surface area contributed by atoms with Crippen LogP contribution in [0.15, 0.2) is 24.3 Å². The summed E-state index contributed by atoms with van der Waals surface area (Å²) >= 11 is 5.98. The van der Waals surface area contributed by atoms with Crippen LogP contribution in [-0.2, 0) is 11.2 Å². The smallest absolute Gasteiger partial charge is 0.303 e. The molecular weight excluding hydrogens is 259 g/mol. The second-order valence-corrected chi connectivity index (χ2v) is 4.12. The summed E-state index contributed by atoms with van der Waals surface area (Å²) < 4.78 is 12.8. The van der Waals surface area contributed by atoms with Crippen molar-refractivity contribution in [2.45, 2.75) is 12.8 Å². The lowest BCUT2D eigenvalue weighted by Gasteiger charge is -1.96. The van der Waals surface area contributed by atoms with Gasteiger partial charge in [-0.2, -0.15) is 0 Å². The van der Waals surface area contributed by atoms with Crippen molar-refractivity contribution in [1.82, 2.24) is 9.97 Å². The van der Waals surface area contributed by atoms with Crippen LogP contribution in [0, 0.1) is 5.82 Å². The number of hydrogen-bond donors (Lipinski definition) is 2. The van der Waals surface area contributed by atoms with Gasteiger partial charge >= 0.3 is 5.97 Å². The van der Waals surface area contributed by atoms with E-state index in [1.807, 2.05) is 0 Å². The van der Waals surface area contributed by atoms with E-state index in [9.17, 15) is 9.18 Å². The minimum atomic E-state index is -0.897. The number of aliphatic carboxylic acids is 1.